The average molecular weight is 531 g/mol. The van der Waals surface area contributed by atoms with E-state index in [0.717, 1.165) is 6.07 Å². The van der Waals surface area contributed by atoms with Crippen LogP contribution in [0.3, 0.4) is 0 Å². The molecule has 0 fully saturated rings. The summed E-state index contributed by atoms with van der Waals surface area (Å²) in [6.07, 6.45) is 7.35. The fourth-order valence-corrected chi connectivity index (χ4v) is 5.06. The van der Waals surface area contributed by atoms with Crippen LogP contribution in [0.5, 0.6) is 5.75 Å². The Hall–Kier alpha value is -4.37. The van der Waals surface area contributed by atoms with Gasteiger partial charge in [0, 0.05) is 44.4 Å². The number of rotatable bonds is 8. The summed E-state index contributed by atoms with van der Waals surface area (Å²) < 4.78 is 61.6. The molecule has 0 saturated carbocycles. The molecule has 0 radical (unpaired) electrons. The van der Waals surface area contributed by atoms with Gasteiger partial charge < -0.3 is 15.2 Å². The van der Waals surface area contributed by atoms with Gasteiger partial charge in [0.25, 0.3) is 0 Å². The highest BCUT2D eigenvalue weighted by Gasteiger charge is 2.26. The van der Waals surface area contributed by atoms with Crippen LogP contribution in [-0.4, -0.2) is 54.3 Å². The lowest BCUT2D eigenvalue weighted by Crippen LogP contribution is -2.11. The average Bonchev–Trinajstić information content (AvgIpc) is 3.57. The number of alkyl halides is 2. The Balaban J connectivity index is 1.58. The summed E-state index contributed by atoms with van der Waals surface area (Å²) >= 11 is 0. The number of aryl methyl sites for hydroxylation is 2. The van der Waals surface area contributed by atoms with Crippen LogP contribution in [0.25, 0.3) is 16.9 Å². The second-order valence-corrected chi connectivity index (χ2v) is 9.94. The van der Waals surface area contributed by atoms with Gasteiger partial charge in [-0.25, -0.2) is 17.9 Å². The number of anilines is 1. The fourth-order valence-electron chi connectivity index (χ4n) is 3.79. The zero-order valence-electron chi connectivity index (χ0n) is 19.4. The van der Waals surface area contributed by atoms with Crippen molar-refractivity contribution in [3.8, 4) is 17.0 Å². The molecule has 0 aliphatic carbocycles. The van der Waals surface area contributed by atoms with E-state index in [1.165, 1.54) is 50.8 Å². The monoisotopic (exact) mass is 530 g/mol. The summed E-state index contributed by atoms with van der Waals surface area (Å²) in [6.45, 7) is -3.17. The molecule has 1 unspecified atom stereocenters. The van der Waals surface area contributed by atoms with Crippen LogP contribution in [0.4, 0.5) is 14.5 Å². The SMILES string of the molecule is Cn1cc(S(=O)(=O)c2ccc(OC(F)F)c(-c3nn(C)cc3NC(O)c3cnn4cccnc34)c2)cn1. The number of aliphatic hydroxyl groups is 1. The third kappa shape index (κ3) is 4.61. The Bertz CT molecular complexity index is 1700. The lowest BCUT2D eigenvalue weighted by Gasteiger charge is -2.15. The van der Waals surface area contributed by atoms with Crippen LogP contribution >= 0.6 is 0 Å². The molecule has 0 aliphatic rings. The minimum absolute atomic E-state index is 0.0291. The predicted octanol–water partition coefficient (Wildman–Crippen LogP) is 2.40. The third-order valence-corrected chi connectivity index (χ3v) is 7.15. The van der Waals surface area contributed by atoms with E-state index >= 15 is 0 Å². The van der Waals surface area contributed by atoms with Gasteiger partial charge in [-0.2, -0.15) is 24.1 Å². The summed E-state index contributed by atoms with van der Waals surface area (Å²) in [6, 6.07) is 5.17. The highest BCUT2D eigenvalue weighted by molar-refractivity contribution is 7.91. The summed E-state index contributed by atoms with van der Waals surface area (Å²) in [7, 11) is -0.878. The molecular weight excluding hydrogens is 510 g/mol. The largest absolute Gasteiger partial charge is 0.434 e. The Morgan fingerprint density at radius 1 is 1.08 bits per heavy atom. The van der Waals surface area contributed by atoms with Gasteiger partial charge in [-0.05, 0) is 24.3 Å². The fraction of sp³-hybridized carbons (Fsp3) is 0.182. The topological polar surface area (TPSA) is 141 Å². The number of halogens is 2. The second-order valence-electron chi connectivity index (χ2n) is 7.99. The molecule has 192 valence electrons. The molecule has 0 saturated heterocycles. The molecule has 1 atom stereocenters. The van der Waals surface area contributed by atoms with Crippen LogP contribution in [0.2, 0.25) is 0 Å². The molecule has 15 heteroatoms. The van der Waals surface area contributed by atoms with Gasteiger partial charge in [-0.3, -0.25) is 9.36 Å². The number of fused-ring (bicyclic) bond motifs is 1. The van der Waals surface area contributed by atoms with Gasteiger partial charge in [-0.1, -0.05) is 0 Å². The van der Waals surface area contributed by atoms with E-state index in [1.54, 1.807) is 32.6 Å². The van der Waals surface area contributed by atoms with Gasteiger partial charge in [0.05, 0.1) is 28.5 Å². The number of benzene rings is 1. The standard InChI is InChI=1S/C22H20F2N8O4S/c1-30-11-14(9-26-30)37(34,35)13-4-5-18(36-22(23)24)15(8-13)19-17(12-31(2)29-19)28-21(33)16-10-27-32-7-3-6-25-20(16)32/h3-12,21-22,28,33H,1-2H3. The molecule has 0 amide bonds. The van der Waals surface area contributed by atoms with Crippen LogP contribution in [-0.2, 0) is 23.9 Å². The minimum Gasteiger partial charge on any atom is -0.434 e. The van der Waals surface area contributed by atoms with Crippen molar-refractivity contribution >= 4 is 21.2 Å². The molecule has 4 aromatic heterocycles. The highest BCUT2D eigenvalue weighted by Crippen LogP contribution is 2.38. The van der Waals surface area contributed by atoms with Crippen LogP contribution in [0, 0.1) is 0 Å². The molecule has 0 spiro atoms. The minimum atomic E-state index is -4.03. The van der Waals surface area contributed by atoms with Crippen LogP contribution < -0.4 is 10.1 Å². The van der Waals surface area contributed by atoms with Crippen molar-refractivity contribution in [3.63, 3.8) is 0 Å². The van der Waals surface area contributed by atoms with Gasteiger partial charge in [0.2, 0.25) is 9.84 Å². The van der Waals surface area contributed by atoms with E-state index in [1.807, 2.05) is 0 Å². The molecule has 2 N–H and O–H groups in total. The van der Waals surface area contributed by atoms with Crippen molar-refractivity contribution in [2.75, 3.05) is 5.32 Å². The molecule has 0 bridgehead atoms. The van der Waals surface area contributed by atoms with Crippen molar-refractivity contribution in [2.45, 2.75) is 22.6 Å². The lowest BCUT2D eigenvalue weighted by molar-refractivity contribution is -0.0494. The normalized spacial score (nSPS) is 12.8. The number of hydrogen-bond donors (Lipinski definition) is 2. The Kier molecular flexibility index (Phi) is 6.08. The number of ether oxygens (including phenoxy) is 1. The maximum atomic E-state index is 13.2. The maximum absolute atomic E-state index is 13.2. The van der Waals surface area contributed by atoms with E-state index in [2.05, 4.69) is 30.3 Å². The van der Waals surface area contributed by atoms with Crippen LogP contribution in [0.15, 0.2) is 71.2 Å². The molecule has 1 aromatic carbocycles. The smallest absolute Gasteiger partial charge is 0.387 e. The van der Waals surface area contributed by atoms with Crippen molar-refractivity contribution in [3.05, 3.63) is 67.0 Å². The highest BCUT2D eigenvalue weighted by atomic mass is 32.2. The van der Waals surface area contributed by atoms with Crippen molar-refractivity contribution in [2.24, 2.45) is 14.1 Å². The molecular formula is C22H20F2N8O4S. The van der Waals surface area contributed by atoms with Crippen molar-refractivity contribution in [1.29, 1.82) is 0 Å². The zero-order valence-corrected chi connectivity index (χ0v) is 20.2. The number of aromatic nitrogens is 7. The molecule has 5 rings (SSSR count). The summed E-state index contributed by atoms with van der Waals surface area (Å²) in [5.41, 5.74) is 1.02. The second kappa shape index (κ2) is 9.25. The quantitative estimate of drug-likeness (QED) is 0.289. The Morgan fingerprint density at radius 3 is 2.62 bits per heavy atom. The van der Waals surface area contributed by atoms with Gasteiger partial charge >= 0.3 is 6.61 Å². The number of aliphatic hydroxyl groups excluding tert-OH is 1. The van der Waals surface area contributed by atoms with E-state index in [4.69, 9.17) is 0 Å². The first-order valence-electron chi connectivity index (χ1n) is 10.7. The van der Waals surface area contributed by atoms with E-state index in [9.17, 15) is 22.3 Å². The van der Waals surface area contributed by atoms with E-state index in [-0.39, 0.29) is 32.5 Å². The molecule has 0 aliphatic heterocycles. The molecule has 4 heterocycles. The Morgan fingerprint density at radius 2 is 1.89 bits per heavy atom. The molecule has 12 nitrogen and oxygen atoms in total. The molecule has 5 aromatic rings. The first-order chi connectivity index (χ1) is 17.6. The Labute approximate surface area is 208 Å². The summed E-state index contributed by atoms with van der Waals surface area (Å²) in [5.74, 6) is -0.297. The molecule has 37 heavy (non-hydrogen) atoms. The summed E-state index contributed by atoms with van der Waals surface area (Å²) in [4.78, 5) is 3.96. The number of nitrogens with zero attached hydrogens (tertiary/aromatic N) is 7. The van der Waals surface area contributed by atoms with Gasteiger partial charge in [0.15, 0.2) is 11.9 Å². The predicted molar refractivity (Wildman–Crippen MR) is 126 cm³/mol. The van der Waals surface area contributed by atoms with Gasteiger partial charge in [0.1, 0.15) is 16.3 Å². The number of nitrogens with one attached hydrogen (secondary N) is 1. The first kappa shape index (κ1) is 24.3. The lowest BCUT2D eigenvalue weighted by atomic mass is 10.1. The van der Waals surface area contributed by atoms with Gasteiger partial charge in [-0.15, -0.1) is 0 Å². The number of hydrogen-bond acceptors (Lipinski definition) is 9. The van der Waals surface area contributed by atoms with E-state index in [0.29, 0.717) is 11.2 Å². The zero-order chi connectivity index (χ0) is 26.3. The maximum Gasteiger partial charge on any atom is 0.387 e. The van der Waals surface area contributed by atoms with Crippen LogP contribution in [0.1, 0.15) is 11.8 Å². The third-order valence-electron chi connectivity index (χ3n) is 5.45. The summed E-state index contributed by atoms with van der Waals surface area (Å²) in [5, 5.41) is 26.1. The van der Waals surface area contributed by atoms with Crippen molar-refractivity contribution < 1.29 is 27.0 Å². The first-order valence-corrected chi connectivity index (χ1v) is 12.2. The van der Waals surface area contributed by atoms with Crippen molar-refractivity contribution in [1.82, 2.24) is 34.2 Å². The van der Waals surface area contributed by atoms with E-state index < -0.39 is 22.7 Å². The number of sulfone groups is 1.